The molecule has 3 aliphatic rings. The van der Waals surface area contributed by atoms with Crippen LogP contribution in [0.4, 0.5) is 24.7 Å². The molecule has 1 aromatic rings. The Hall–Kier alpha value is -2.40. The smallest absolute Gasteiger partial charge is 0.419 e. The molecule has 0 radical (unpaired) electrons. The van der Waals surface area contributed by atoms with Gasteiger partial charge in [-0.15, -0.1) is 0 Å². The number of halogens is 3. The van der Waals surface area contributed by atoms with E-state index in [0.29, 0.717) is 0 Å². The lowest BCUT2D eigenvalue weighted by Crippen LogP contribution is -2.57. The number of carbonyl (C=O) groups is 1. The second-order valence-electron chi connectivity index (χ2n) is 7.21. The Morgan fingerprint density at radius 2 is 1.93 bits per heavy atom. The third kappa shape index (κ3) is 3.63. The van der Waals surface area contributed by atoms with Crippen molar-refractivity contribution in [3.05, 3.63) is 17.3 Å². The quantitative estimate of drug-likeness (QED) is 0.530. The van der Waals surface area contributed by atoms with E-state index in [-0.39, 0.29) is 35.1 Å². The molecule has 4 rings (SSSR count). The number of ether oxygens (including phenoxy) is 1. The summed E-state index contributed by atoms with van der Waals surface area (Å²) < 4.78 is 45.7. The van der Waals surface area contributed by atoms with E-state index in [1.54, 1.807) is 0 Å². The van der Waals surface area contributed by atoms with Crippen LogP contribution < -0.4 is 16.8 Å². The number of alkyl halides is 3. The summed E-state index contributed by atoms with van der Waals surface area (Å²) in [6.07, 6.45) is 1.73. The molecule has 2 fully saturated rings. The van der Waals surface area contributed by atoms with Gasteiger partial charge in [-0.1, -0.05) is 0 Å². The van der Waals surface area contributed by atoms with E-state index >= 15 is 0 Å². The molecule has 2 aliphatic heterocycles. The number of nitrogens with one attached hydrogen (secondary N) is 1. The maximum absolute atomic E-state index is 13.3. The van der Waals surface area contributed by atoms with Crippen LogP contribution in [0.5, 0.6) is 0 Å². The highest BCUT2D eigenvalue weighted by molar-refractivity contribution is 5.96. The summed E-state index contributed by atoms with van der Waals surface area (Å²) in [5.41, 5.74) is 11.2. The Kier molecular flexibility index (Phi) is 5.24. The summed E-state index contributed by atoms with van der Waals surface area (Å²) in [4.78, 5) is 16.3. The van der Waals surface area contributed by atoms with Crippen molar-refractivity contribution in [1.29, 1.82) is 0 Å². The van der Waals surface area contributed by atoms with Gasteiger partial charge in [0.25, 0.3) is 6.47 Å². The summed E-state index contributed by atoms with van der Waals surface area (Å²) in [7, 11) is 0. The summed E-state index contributed by atoms with van der Waals surface area (Å²) in [6.45, 7) is 0.531. The number of aromatic nitrogens is 1. The number of aliphatic imine (C=N–C) groups is 1. The van der Waals surface area contributed by atoms with E-state index in [1.807, 2.05) is 0 Å². The number of carboxylic acid groups (broad SMARTS) is 1. The Morgan fingerprint density at radius 3 is 2.43 bits per heavy atom. The van der Waals surface area contributed by atoms with E-state index in [2.05, 4.69) is 15.3 Å². The van der Waals surface area contributed by atoms with Gasteiger partial charge < -0.3 is 20.9 Å². The van der Waals surface area contributed by atoms with E-state index in [9.17, 15) is 13.2 Å². The Labute approximate surface area is 159 Å². The van der Waals surface area contributed by atoms with Crippen LogP contribution in [0.3, 0.4) is 0 Å². The fourth-order valence-electron chi connectivity index (χ4n) is 4.00. The molecular formula is C17H22F3N5O3. The topological polar surface area (TPSA) is 136 Å². The number of nitrogens with two attached hydrogens (primary N) is 2. The molecule has 11 heteroatoms. The monoisotopic (exact) mass is 401 g/mol. The van der Waals surface area contributed by atoms with Gasteiger partial charge in [-0.05, 0) is 32.1 Å². The molecule has 28 heavy (non-hydrogen) atoms. The van der Waals surface area contributed by atoms with Crippen LogP contribution in [0.25, 0.3) is 0 Å². The molecule has 1 unspecified atom stereocenters. The van der Waals surface area contributed by atoms with Crippen molar-refractivity contribution in [3.63, 3.8) is 0 Å². The van der Waals surface area contributed by atoms with Gasteiger partial charge in [-0.3, -0.25) is 10.5 Å². The van der Waals surface area contributed by atoms with Crippen molar-refractivity contribution in [2.75, 3.05) is 17.7 Å². The highest BCUT2D eigenvalue weighted by Crippen LogP contribution is 2.47. The first-order valence-corrected chi connectivity index (χ1v) is 8.84. The number of fused-ring (bicyclic) bond motifs is 1. The predicted octanol–water partition coefficient (Wildman–Crippen LogP) is 2.19. The molecule has 1 aromatic heterocycles. The number of hydrogen-bond acceptors (Lipinski definition) is 7. The molecular weight excluding hydrogens is 379 g/mol. The average Bonchev–Trinajstić information content (AvgIpc) is 2.60. The number of nitrogen functional groups attached to an aromatic ring is 1. The standard InChI is InChI=1S/C16H20F3N5O.CH2O2/c17-15(18,19)11-8-22-13(20)10-7-23-16(21,24-12(10)11)9-1-3-14(4-2-9)5-6-25-14;2-1-3/h7-9,24H,1-6,21H2,(H2,20,22);1H,(H,2,3). The molecule has 6 N–H and O–H groups in total. The van der Waals surface area contributed by atoms with Gasteiger partial charge in [-0.25, -0.2) is 9.98 Å². The average molecular weight is 401 g/mol. The molecule has 1 saturated carbocycles. The minimum Gasteiger partial charge on any atom is -0.483 e. The number of pyridine rings is 1. The maximum atomic E-state index is 13.3. The number of rotatable bonds is 1. The predicted molar refractivity (Wildman–Crippen MR) is 95.7 cm³/mol. The second-order valence-corrected chi connectivity index (χ2v) is 7.21. The van der Waals surface area contributed by atoms with E-state index in [0.717, 1.165) is 44.9 Å². The first kappa shape index (κ1) is 20.3. The normalized spacial score (nSPS) is 31.1. The molecule has 0 amide bonds. The zero-order valence-electron chi connectivity index (χ0n) is 15.0. The minimum absolute atomic E-state index is 0.00762. The fourth-order valence-corrected chi connectivity index (χ4v) is 4.00. The van der Waals surface area contributed by atoms with Crippen molar-refractivity contribution in [2.24, 2.45) is 16.6 Å². The van der Waals surface area contributed by atoms with Crippen LogP contribution >= 0.6 is 0 Å². The Morgan fingerprint density at radius 1 is 1.32 bits per heavy atom. The fraction of sp³-hybridized carbons (Fsp3) is 0.588. The van der Waals surface area contributed by atoms with Crippen molar-refractivity contribution in [3.8, 4) is 0 Å². The molecule has 1 spiro atoms. The summed E-state index contributed by atoms with van der Waals surface area (Å²) in [5.74, 6) is -1.37. The van der Waals surface area contributed by atoms with Crippen LogP contribution in [0.1, 0.15) is 43.2 Å². The van der Waals surface area contributed by atoms with Gasteiger partial charge in [0.15, 0.2) is 5.79 Å². The zero-order valence-corrected chi connectivity index (χ0v) is 15.0. The number of hydrogen-bond donors (Lipinski definition) is 4. The third-order valence-electron chi connectivity index (χ3n) is 5.67. The lowest BCUT2D eigenvalue weighted by atomic mass is 9.72. The van der Waals surface area contributed by atoms with Crippen LogP contribution in [0.2, 0.25) is 0 Å². The van der Waals surface area contributed by atoms with Crippen LogP contribution in [-0.2, 0) is 15.7 Å². The van der Waals surface area contributed by atoms with Gasteiger partial charge in [0.05, 0.1) is 29.0 Å². The highest BCUT2D eigenvalue weighted by Gasteiger charge is 2.48. The van der Waals surface area contributed by atoms with Gasteiger partial charge in [0.2, 0.25) is 0 Å². The second kappa shape index (κ2) is 7.21. The molecule has 0 aromatic carbocycles. The molecule has 0 bridgehead atoms. The van der Waals surface area contributed by atoms with Crippen LogP contribution in [-0.4, -0.2) is 40.8 Å². The largest absolute Gasteiger partial charge is 0.483 e. The molecule has 1 saturated heterocycles. The first-order valence-electron chi connectivity index (χ1n) is 8.84. The highest BCUT2D eigenvalue weighted by atomic mass is 19.4. The van der Waals surface area contributed by atoms with E-state index in [4.69, 9.17) is 26.1 Å². The Balaban J connectivity index is 0.000000706. The van der Waals surface area contributed by atoms with Crippen molar-refractivity contribution < 1.29 is 27.8 Å². The lowest BCUT2D eigenvalue weighted by molar-refractivity contribution is -0.172. The minimum atomic E-state index is -4.56. The lowest BCUT2D eigenvalue weighted by Gasteiger charge is -2.49. The summed E-state index contributed by atoms with van der Waals surface area (Å²) in [5, 5.41) is 9.71. The van der Waals surface area contributed by atoms with Crippen molar-refractivity contribution in [1.82, 2.24) is 4.98 Å². The van der Waals surface area contributed by atoms with E-state index < -0.39 is 17.5 Å². The van der Waals surface area contributed by atoms with Gasteiger partial charge in [0, 0.05) is 18.3 Å². The maximum Gasteiger partial charge on any atom is 0.419 e. The molecule has 8 nitrogen and oxygen atoms in total. The van der Waals surface area contributed by atoms with Crippen LogP contribution in [0.15, 0.2) is 11.2 Å². The van der Waals surface area contributed by atoms with Crippen molar-refractivity contribution in [2.45, 2.75) is 49.7 Å². The molecule has 154 valence electrons. The van der Waals surface area contributed by atoms with Gasteiger partial charge in [-0.2, -0.15) is 13.2 Å². The molecule has 3 heterocycles. The first-order chi connectivity index (χ1) is 13.1. The van der Waals surface area contributed by atoms with E-state index in [1.165, 1.54) is 6.21 Å². The molecule has 1 atom stereocenters. The van der Waals surface area contributed by atoms with Gasteiger partial charge in [0.1, 0.15) is 5.82 Å². The Bertz CT molecular complexity index is 772. The van der Waals surface area contributed by atoms with Crippen LogP contribution in [0, 0.1) is 5.92 Å². The number of anilines is 2. The summed E-state index contributed by atoms with van der Waals surface area (Å²) >= 11 is 0. The zero-order chi connectivity index (χ0) is 20.6. The SMILES string of the molecule is Nc1ncc(C(F)(F)F)c2c1C=NC(N)(C1CCC3(CCO3)CC1)N2.O=CO. The number of nitrogens with zero attached hydrogens (tertiary/aromatic N) is 2. The molecule has 1 aliphatic carbocycles. The third-order valence-corrected chi connectivity index (χ3v) is 5.67. The van der Waals surface area contributed by atoms with Crippen molar-refractivity contribution >= 4 is 24.2 Å². The van der Waals surface area contributed by atoms with Gasteiger partial charge >= 0.3 is 6.18 Å². The summed E-state index contributed by atoms with van der Waals surface area (Å²) in [6, 6.07) is 0.